The highest BCUT2D eigenvalue weighted by atomic mass is 16.5. The van der Waals surface area contributed by atoms with E-state index in [-0.39, 0.29) is 5.91 Å². The van der Waals surface area contributed by atoms with Crippen LogP contribution in [-0.2, 0) is 11.2 Å². The number of aryl methyl sites for hydroxylation is 2. The summed E-state index contributed by atoms with van der Waals surface area (Å²) in [6, 6.07) is 18.1. The largest absolute Gasteiger partial charge is 0.480 e. The van der Waals surface area contributed by atoms with Crippen LogP contribution in [0.1, 0.15) is 30.0 Å². The van der Waals surface area contributed by atoms with Crippen molar-refractivity contribution in [1.82, 2.24) is 4.90 Å². The number of hydrogen-bond acceptors (Lipinski definition) is 3. The summed E-state index contributed by atoms with van der Waals surface area (Å²) in [6.07, 6.45) is 0.481. The van der Waals surface area contributed by atoms with Gasteiger partial charge in [0.25, 0.3) is 5.91 Å². The summed E-state index contributed by atoms with van der Waals surface area (Å²) >= 11 is 0. The minimum absolute atomic E-state index is 0.0844. The van der Waals surface area contributed by atoms with Crippen LogP contribution in [-0.4, -0.2) is 30.0 Å². The molecule has 2 aromatic carbocycles. The zero-order valence-corrected chi connectivity index (χ0v) is 15.7. The molecule has 0 radical (unpaired) electrons. The maximum atomic E-state index is 12.9. The Hall–Kier alpha value is -2.80. The molecule has 0 fully saturated rings. The molecule has 0 heterocycles. The second kappa shape index (κ2) is 9.62. The van der Waals surface area contributed by atoms with Crippen molar-refractivity contribution >= 4 is 5.91 Å². The monoisotopic (exact) mass is 350 g/mol. The molecule has 1 atom stereocenters. The molecule has 0 N–H and O–H groups in total. The lowest BCUT2D eigenvalue weighted by molar-refractivity contribution is -0.137. The third-order valence-electron chi connectivity index (χ3n) is 4.37. The van der Waals surface area contributed by atoms with Gasteiger partial charge < -0.3 is 9.64 Å². The number of para-hydroxylation sites is 1. The minimum Gasteiger partial charge on any atom is -0.480 e. The molecule has 2 aromatic rings. The van der Waals surface area contributed by atoms with Gasteiger partial charge in [0, 0.05) is 13.1 Å². The molecular formula is C22H26N2O2. The van der Waals surface area contributed by atoms with E-state index < -0.39 is 6.10 Å². The van der Waals surface area contributed by atoms with Crippen molar-refractivity contribution in [3.05, 3.63) is 65.2 Å². The van der Waals surface area contributed by atoms with Crippen LogP contribution in [0, 0.1) is 25.2 Å². The zero-order chi connectivity index (χ0) is 18.9. The first kappa shape index (κ1) is 19.5. The van der Waals surface area contributed by atoms with Gasteiger partial charge in [-0.3, -0.25) is 4.79 Å². The third kappa shape index (κ3) is 5.35. The summed E-state index contributed by atoms with van der Waals surface area (Å²) in [6.45, 7) is 6.72. The maximum absolute atomic E-state index is 12.9. The second-order valence-electron chi connectivity index (χ2n) is 6.45. The standard InChI is InChI=1S/C22H26N2O2/c1-17-9-7-10-18(2)21(17)26-19(3)22(25)24(15-8-14-23)16-13-20-11-5-4-6-12-20/h4-7,9-12,19H,8,13,15-16H2,1-3H3. The van der Waals surface area contributed by atoms with Crippen LogP contribution in [0.2, 0.25) is 0 Å². The molecule has 0 aliphatic carbocycles. The molecule has 0 saturated heterocycles. The van der Waals surface area contributed by atoms with Gasteiger partial charge in [-0.1, -0.05) is 48.5 Å². The Balaban J connectivity index is 2.05. The number of carbonyl (C=O) groups is 1. The Morgan fingerprint density at radius 2 is 1.73 bits per heavy atom. The van der Waals surface area contributed by atoms with E-state index in [4.69, 9.17) is 10.00 Å². The second-order valence-corrected chi connectivity index (χ2v) is 6.45. The molecule has 1 unspecified atom stereocenters. The molecule has 0 aliphatic heterocycles. The fourth-order valence-electron chi connectivity index (χ4n) is 2.90. The van der Waals surface area contributed by atoms with Crippen molar-refractivity contribution in [2.24, 2.45) is 0 Å². The Morgan fingerprint density at radius 1 is 1.08 bits per heavy atom. The Morgan fingerprint density at radius 3 is 2.35 bits per heavy atom. The number of rotatable bonds is 8. The topological polar surface area (TPSA) is 53.3 Å². The number of amides is 1. The molecule has 4 heteroatoms. The van der Waals surface area contributed by atoms with Gasteiger partial charge in [0.1, 0.15) is 5.75 Å². The van der Waals surface area contributed by atoms with Crippen molar-refractivity contribution in [3.8, 4) is 11.8 Å². The molecule has 4 nitrogen and oxygen atoms in total. The van der Waals surface area contributed by atoms with Crippen LogP contribution in [0.4, 0.5) is 0 Å². The predicted molar refractivity (Wildman–Crippen MR) is 103 cm³/mol. The summed E-state index contributed by atoms with van der Waals surface area (Å²) in [5.74, 6) is 0.676. The molecule has 2 rings (SSSR count). The summed E-state index contributed by atoms with van der Waals surface area (Å²) < 4.78 is 5.98. The molecule has 0 saturated carbocycles. The van der Waals surface area contributed by atoms with Gasteiger partial charge in [-0.25, -0.2) is 0 Å². The van der Waals surface area contributed by atoms with Gasteiger partial charge in [0.15, 0.2) is 6.10 Å². The van der Waals surface area contributed by atoms with E-state index in [0.29, 0.717) is 19.5 Å². The van der Waals surface area contributed by atoms with E-state index in [1.54, 1.807) is 11.8 Å². The number of nitriles is 1. The van der Waals surface area contributed by atoms with E-state index in [2.05, 4.69) is 6.07 Å². The lowest BCUT2D eigenvalue weighted by Crippen LogP contribution is -2.42. The number of ether oxygens (including phenoxy) is 1. The molecule has 0 aromatic heterocycles. The van der Waals surface area contributed by atoms with Gasteiger partial charge in [-0.05, 0) is 43.9 Å². The summed E-state index contributed by atoms with van der Waals surface area (Å²) in [7, 11) is 0. The molecular weight excluding hydrogens is 324 g/mol. The first-order valence-electron chi connectivity index (χ1n) is 8.95. The van der Waals surface area contributed by atoms with Crippen LogP contribution in [0.15, 0.2) is 48.5 Å². The molecule has 0 bridgehead atoms. The first-order chi connectivity index (χ1) is 12.5. The lowest BCUT2D eigenvalue weighted by Gasteiger charge is -2.26. The van der Waals surface area contributed by atoms with Crippen LogP contribution in [0.25, 0.3) is 0 Å². The van der Waals surface area contributed by atoms with Crippen LogP contribution >= 0.6 is 0 Å². The normalized spacial score (nSPS) is 11.5. The van der Waals surface area contributed by atoms with Gasteiger partial charge >= 0.3 is 0 Å². The van der Waals surface area contributed by atoms with Crippen molar-refractivity contribution in [1.29, 1.82) is 5.26 Å². The highest BCUT2D eigenvalue weighted by Crippen LogP contribution is 2.24. The first-order valence-corrected chi connectivity index (χ1v) is 8.95. The molecule has 0 aliphatic rings. The van der Waals surface area contributed by atoms with Crippen molar-refractivity contribution in [2.45, 2.75) is 39.7 Å². The number of benzene rings is 2. The maximum Gasteiger partial charge on any atom is 0.263 e. The lowest BCUT2D eigenvalue weighted by atomic mass is 10.1. The van der Waals surface area contributed by atoms with Crippen molar-refractivity contribution < 1.29 is 9.53 Å². The van der Waals surface area contributed by atoms with Gasteiger partial charge in [0.05, 0.1) is 12.5 Å². The van der Waals surface area contributed by atoms with Crippen LogP contribution < -0.4 is 4.74 Å². The smallest absolute Gasteiger partial charge is 0.263 e. The summed E-state index contributed by atoms with van der Waals surface area (Å²) in [5, 5.41) is 8.91. The molecule has 1 amide bonds. The number of nitrogens with zero attached hydrogens (tertiary/aromatic N) is 2. The van der Waals surface area contributed by atoms with E-state index in [0.717, 1.165) is 23.3 Å². The fraction of sp³-hybridized carbons (Fsp3) is 0.364. The van der Waals surface area contributed by atoms with Gasteiger partial charge in [0.2, 0.25) is 0 Å². The van der Waals surface area contributed by atoms with Gasteiger partial charge in [-0.15, -0.1) is 0 Å². The summed E-state index contributed by atoms with van der Waals surface area (Å²) in [4.78, 5) is 14.6. The Kier molecular flexibility index (Phi) is 7.23. The van der Waals surface area contributed by atoms with Crippen molar-refractivity contribution in [2.75, 3.05) is 13.1 Å². The molecule has 136 valence electrons. The highest BCUT2D eigenvalue weighted by Gasteiger charge is 2.22. The SMILES string of the molecule is Cc1cccc(C)c1OC(C)C(=O)N(CCC#N)CCc1ccccc1. The predicted octanol–water partition coefficient (Wildman–Crippen LogP) is 4.06. The average molecular weight is 350 g/mol. The number of carbonyl (C=O) groups excluding carboxylic acids is 1. The van der Waals surface area contributed by atoms with Crippen LogP contribution in [0.5, 0.6) is 5.75 Å². The fourth-order valence-corrected chi connectivity index (χ4v) is 2.90. The quantitative estimate of drug-likeness (QED) is 0.721. The van der Waals surface area contributed by atoms with E-state index in [1.807, 2.05) is 62.4 Å². The van der Waals surface area contributed by atoms with E-state index in [9.17, 15) is 4.79 Å². The van der Waals surface area contributed by atoms with E-state index >= 15 is 0 Å². The average Bonchev–Trinajstić information content (AvgIpc) is 2.65. The third-order valence-corrected chi connectivity index (χ3v) is 4.37. The van der Waals surface area contributed by atoms with E-state index in [1.165, 1.54) is 5.56 Å². The Bertz CT molecular complexity index is 745. The highest BCUT2D eigenvalue weighted by molar-refractivity contribution is 5.81. The van der Waals surface area contributed by atoms with Crippen LogP contribution in [0.3, 0.4) is 0 Å². The van der Waals surface area contributed by atoms with Gasteiger partial charge in [-0.2, -0.15) is 5.26 Å². The summed E-state index contributed by atoms with van der Waals surface area (Å²) in [5.41, 5.74) is 3.19. The zero-order valence-electron chi connectivity index (χ0n) is 15.7. The molecule has 26 heavy (non-hydrogen) atoms. The number of hydrogen-bond donors (Lipinski definition) is 0. The molecule has 0 spiro atoms. The minimum atomic E-state index is -0.593. The van der Waals surface area contributed by atoms with Crippen molar-refractivity contribution in [3.63, 3.8) is 0 Å². The Labute approximate surface area is 156 Å².